The second-order valence-corrected chi connectivity index (χ2v) is 18.4. The summed E-state index contributed by atoms with van der Waals surface area (Å²) in [6.07, 6.45) is 7.26. The molecule has 0 bridgehead atoms. The van der Waals surface area contributed by atoms with Crippen LogP contribution in [0, 0.1) is 0 Å². The van der Waals surface area contributed by atoms with Crippen LogP contribution in [0.15, 0.2) is 0 Å². The van der Waals surface area contributed by atoms with E-state index in [2.05, 4.69) is 18.4 Å². The predicted octanol–water partition coefficient (Wildman–Crippen LogP) is 2.74. The molecule has 1 nitrogen and oxygen atoms in total. The SMILES string of the molecule is [CH3][Sn]([CH3])([CH3])[NH]C1CCCCC1. The molecule has 0 saturated heterocycles. The van der Waals surface area contributed by atoms with Crippen LogP contribution in [0.4, 0.5) is 0 Å². The average Bonchev–Trinajstić information content (AvgIpc) is 1.85. The quantitative estimate of drug-likeness (QED) is 0.754. The summed E-state index contributed by atoms with van der Waals surface area (Å²) < 4.78 is 3.87. The zero-order valence-corrected chi connectivity index (χ0v) is 11.0. The summed E-state index contributed by atoms with van der Waals surface area (Å²) in [5.74, 6) is 0. The molecule has 0 aliphatic heterocycles. The Hall–Kier alpha value is 0.759. The molecule has 0 heterocycles. The van der Waals surface area contributed by atoms with Crippen LogP contribution in [0.5, 0.6) is 0 Å². The first-order valence-electron chi connectivity index (χ1n) is 4.86. The van der Waals surface area contributed by atoms with Crippen molar-refractivity contribution in [1.82, 2.24) is 3.54 Å². The third-order valence-electron chi connectivity index (χ3n) is 2.24. The summed E-state index contributed by atoms with van der Waals surface area (Å²) >= 11 is -1.66. The first kappa shape index (κ1) is 9.84. The van der Waals surface area contributed by atoms with E-state index >= 15 is 0 Å². The van der Waals surface area contributed by atoms with Gasteiger partial charge in [0.05, 0.1) is 0 Å². The van der Waals surface area contributed by atoms with Gasteiger partial charge in [0, 0.05) is 0 Å². The molecule has 0 unspecified atom stereocenters. The Bertz CT molecular complexity index is 111. The molecule has 0 spiro atoms. The summed E-state index contributed by atoms with van der Waals surface area (Å²) in [6.45, 7) is 0. The molecular weight excluding hydrogens is 241 g/mol. The molecule has 0 aromatic heterocycles. The second kappa shape index (κ2) is 4.13. The van der Waals surface area contributed by atoms with E-state index in [4.69, 9.17) is 0 Å². The van der Waals surface area contributed by atoms with Crippen molar-refractivity contribution >= 4 is 18.7 Å². The summed E-state index contributed by atoms with van der Waals surface area (Å²) in [5.41, 5.74) is 0. The average molecular weight is 262 g/mol. The topological polar surface area (TPSA) is 12.0 Å². The fraction of sp³-hybridized carbons (Fsp3) is 1.00. The minimum absolute atomic E-state index is 0.888. The molecule has 0 aromatic rings. The van der Waals surface area contributed by atoms with Gasteiger partial charge in [-0.25, -0.2) is 0 Å². The first-order chi connectivity index (χ1) is 5.08. The molecule has 1 fully saturated rings. The number of hydrogen-bond donors (Lipinski definition) is 1. The van der Waals surface area contributed by atoms with Crippen LogP contribution < -0.4 is 3.54 Å². The van der Waals surface area contributed by atoms with Gasteiger partial charge in [0.25, 0.3) is 0 Å². The van der Waals surface area contributed by atoms with Gasteiger partial charge in [0.15, 0.2) is 0 Å². The zero-order valence-electron chi connectivity index (χ0n) is 8.11. The molecule has 1 rings (SSSR count). The Morgan fingerprint density at radius 1 is 1.00 bits per heavy atom. The van der Waals surface area contributed by atoms with Crippen molar-refractivity contribution in [2.24, 2.45) is 0 Å². The van der Waals surface area contributed by atoms with Crippen LogP contribution in [0.2, 0.25) is 14.8 Å². The van der Waals surface area contributed by atoms with Gasteiger partial charge in [-0.15, -0.1) is 0 Å². The van der Waals surface area contributed by atoms with Crippen molar-refractivity contribution < 1.29 is 0 Å². The van der Waals surface area contributed by atoms with Crippen molar-refractivity contribution in [3.63, 3.8) is 0 Å². The van der Waals surface area contributed by atoms with Crippen LogP contribution in [0.25, 0.3) is 0 Å². The molecule has 0 radical (unpaired) electrons. The van der Waals surface area contributed by atoms with Crippen LogP contribution in [-0.2, 0) is 0 Å². The molecule has 0 aromatic carbocycles. The van der Waals surface area contributed by atoms with Gasteiger partial charge in [0.2, 0.25) is 0 Å². The predicted molar refractivity (Wildman–Crippen MR) is 53.4 cm³/mol. The van der Waals surface area contributed by atoms with Crippen molar-refractivity contribution in [3.05, 3.63) is 0 Å². The van der Waals surface area contributed by atoms with Gasteiger partial charge >= 0.3 is 75.2 Å². The molecule has 66 valence electrons. The molecule has 2 heteroatoms. The zero-order chi connectivity index (χ0) is 8.32. The monoisotopic (exact) mass is 263 g/mol. The maximum absolute atomic E-state index is 3.87. The van der Waals surface area contributed by atoms with E-state index in [0.29, 0.717) is 0 Å². The summed E-state index contributed by atoms with van der Waals surface area (Å²) in [5, 5.41) is 0. The Kier molecular flexibility index (Phi) is 3.69. The summed E-state index contributed by atoms with van der Waals surface area (Å²) in [4.78, 5) is 7.38. The van der Waals surface area contributed by atoms with Gasteiger partial charge in [-0.1, -0.05) is 0 Å². The van der Waals surface area contributed by atoms with Gasteiger partial charge in [-0.05, 0) is 0 Å². The fourth-order valence-corrected chi connectivity index (χ4v) is 6.18. The Morgan fingerprint density at radius 3 is 2.00 bits per heavy atom. The van der Waals surface area contributed by atoms with Crippen molar-refractivity contribution in [2.45, 2.75) is 53.0 Å². The van der Waals surface area contributed by atoms with Crippen molar-refractivity contribution in [1.29, 1.82) is 0 Å². The van der Waals surface area contributed by atoms with Crippen LogP contribution in [-0.4, -0.2) is 24.7 Å². The summed E-state index contributed by atoms with van der Waals surface area (Å²) in [6, 6.07) is 0.888. The van der Waals surface area contributed by atoms with E-state index in [1.807, 2.05) is 0 Å². The first-order valence-corrected chi connectivity index (χ1v) is 14.8. The number of hydrogen-bond acceptors (Lipinski definition) is 1. The Morgan fingerprint density at radius 2 is 1.55 bits per heavy atom. The number of nitrogens with one attached hydrogen (secondary N) is 1. The standard InChI is InChI=1S/C6H12N.3CH3.Sn/c7-6-4-2-1-3-5-6;;;;/h6-7H,1-5H2;3*1H3;/q-1;;;;+1. The third kappa shape index (κ3) is 4.36. The molecule has 1 aliphatic rings. The molecular formula is C9H21NSn. The molecule has 1 aliphatic carbocycles. The molecule has 0 amide bonds. The molecule has 1 saturated carbocycles. The van der Waals surface area contributed by atoms with Gasteiger partial charge in [-0.2, -0.15) is 0 Å². The number of rotatable bonds is 2. The minimum atomic E-state index is -1.66. The maximum atomic E-state index is 3.87. The van der Waals surface area contributed by atoms with Crippen LogP contribution >= 0.6 is 0 Å². The van der Waals surface area contributed by atoms with Crippen LogP contribution in [0.3, 0.4) is 0 Å². The van der Waals surface area contributed by atoms with Crippen molar-refractivity contribution in [3.8, 4) is 0 Å². The van der Waals surface area contributed by atoms with Gasteiger partial charge in [0.1, 0.15) is 0 Å². The Balaban J connectivity index is 2.24. The summed E-state index contributed by atoms with van der Waals surface area (Å²) in [7, 11) is 0. The normalized spacial score (nSPS) is 22.1. The van der Waals surface area contributed by atoms with Gasteiger partial charge in [-0.3, -0.25) is 0 Å². The van der Waals surface area contributed by atoms with Crippen molar-refractivity contribution in [2.75, 3.05) is 0 Å². The fourth-order valence-electron chi connectivity index (χ4n) is 1.86. The van der Waals surface area contributed by atoms with E-state index in [1.54, 1.807) is 0 Å². The van der Waals surface area contributed by atoms with Gasteiger partial charge < -0.3 is 0 Å². The van der Waals surface area contributed by atoms with E-state index in [9.17, 15) is 0 Å². The van der Waals surface area contributed by atoms with E-state index in [0.717, 1.165) is 6.04 Å². The third-order valence-corrected chi connectivity index (χ3v) is 5.88. The van der Waals surface area contributed by atoms with E-state index in [1.165, 1.54) is 32.1 Å². The van der Waals surface area contributed by atoms with E-state index < -0.39 is 18.7 Å². The van der Waals surface area contributed by atoms with E-state index in [-0.39, 0.29) is 0 Å². The Labute approximate surface area is 75.2 Å². The second-order valence-electron chi connectivity index (χ2n) is 4.73. The molecule has 1 N–H and O–H groups in total. The molecule has 11 heavy (non-hydrogen) atoms. The molecule has 0 atom stereocenters. The van der Waals surface area contributed by atoms with Crippen LogP contribution in [0.1, 0.15) is 32.1 Å².